The van der Waals surface area contributed by atoms with Gasteiger partial charge < -0.3 is 10.2 Å². The quantitative estimate of drug-likeness (QED) is 0.108. The normalized spacial score (nSPS) is 11.2. The summed E-state index contributed by atoms with van der Waals surface area (Å²) in [5.41, 5.74) is 6.67. The Morgan fingerprint density at radius 2 is 1.63 bits per heavy atom. The highest BCUT2D eigenvalue weighted by Gasteiger charge is 2.16. The maximum Gasteiger partial charge on any atom is 0.250 e. The number of hydrogen-bond acceptors (Lipinski definition) is 7. The van der Waals surface area contributed by atoms with Gasteiger partial charge in [0.15, 0.2) is 11.0 Å². The Labute approximate surface area is 244 Å². The largest absolute Gasteiger partial charge is 0.377 e. The van der Waals surface area contributed by atoms with E-state index in [1.807, 2.05) is 65.2 Å². The molecule has 0 spiro atoms. The van der Waals surface area contributed by atoms with Gasteiger partial charge in [0.2, 0.25) is 0 Å². The van der Waals surface area contributed by atoms with Crippen LogP contribution >= 0.6 is 11.8 Å². The second-order valence-corrected chi connectivity index (χ2v) is 10.2. The van der Waals surface area contributed by atoms with Gasteiger partial charge >= 0.3 is 0 Å². The van der Waals surface area contributed by atoms with Crippen LogP contribution in [0.15, 0.2) is 107 Å². The molecule has 2 N–H and O–H groups in total. The van der Waals surface area contributed by atoms with Crippen LogP contribution in [0.4, 0.5) is 11.4 Å². The van der Waals surface area contributed by atoms with Gasteiger partial charge in [0.1, 0.15) is 0 Å². The van der Waals surface area contributed by atoms with Gasteiger partial charge in [-0.1, -0.05) is 78.5 Å². The summed E-state index contributed by atoms with van der Waals surface area (Å²) in [4.78, 5) is 14.9. The molecule has 1 heterocycles. The highest BCUT2D eigenvalue weighted by Crippen LogP contribution is 2.26. The summed E-state index contributed by atoms with van der Waals surface area (Å²) in [6.45, 7) is 6.66. The molecule has 0 fully saturated rings. The van der Waals surface area contributed by atoms with Crippen LogP contribution in [0.25, 0.3) is 16.5 Å². The molecule has 5 aromatic rings. The highest BCUT2D eigenvalue weighted by molar-refractivity contribution is 7.99. The molecule has 1 aromatic heterocycles. The van der Waals surface area contributed by atoms with E-state index in [0.29, 0.717) is 11.7 Å². The van der Waals surface area contributed by atoms with Crippen LogP contribution in [0, 0.1) is 0 Å². The van der Waals surface area contributed by atoms with Crippen molar-refractivity contribution in [1.82, 2.24) is 20.2 Å². The van der Waals surface area contributed by atoms with Crippen molar-refractivity contribution in [3.8, 4) is 5.69 Å². The molecule has 9 heteroatoms. The molecule has 0 unspecified atom stereocenters. The zero-order valence-electron chi connectivity index (χ0n) is 23.2. The van der Waals surface area contributed by atoms with Crippen molar-refractivity contribution in [3.05, 3.63) is 108 Å². The number of fused-ring (bicyclic) bond motifs is 1. The van der Waals surface area contributed by atoms with E-state index in [-0.39, 0.29) is 11.7 Å². The van der Waals surface area contributed by atoms with Gasteiger partial charge in [-0.15, -0.1) is 10.2 Å². The Bertz CT molecular complexity index is 1610. The highest BCUT2D eigenvalue weighted by atomic mass is 32.2. The fraction of sp³-hybridized carbons (Fsp3) is 0.188. The predicted octanol–water partition coefficient (Wildman–Crippen LogP) is 6.12. The zero-order chi connectivity index (χ0) is 28.4. The average molecular weight is 564 g/mol. The number of nitrogens with one attached hydrogen (secondary N) is 2. The number of nitrogens with zero attached hydrogens (tertiary/aromatic N) is 5. The summed E-state index contributed by atoms with van der Waals surface area (Å²) in [6.07, 6.45) is 1.65. The van der Waals surface area contributed by atoms with Crippen molar-refractivity contribution < 1.29 is 4.79 Å². The first-order valence-electron chi connectivity index (χ1n) is 13.7. The van der Waals surface area contributed by atoms with Crippen LogP contribution in [0.5, 0.6) is 0 Å². The van der Waals surface area contributed by atoms with Gasteiger partial charge in [-0.3, -0.25) is 9.36 Å². The lowest BCUT2D eigenvalue weighted by molar-refractivity contribution is -0.118. The molecule has 0 aliphatic heterocycles. The number of rotatable bonds is 12. The lowest BCUT2D eigenvalue weighted by atomic mass is 10.1. The second kappa shape index (κ2) is 13.6. The Morgan fingerprint density at radius 1 is 0.902 bits per heavy atom. The van der Waals surface area contributed by atoms with E-state index in [1.165, 1.54) is 22.8 Å². The summed E-state index contributed by atoms with van der Waals surface area (Å²) in [5.74, 6) is 0.683. The van der Waals surface area contributed by atoms with Crippen LogP contribution in [-0.2, 0) is 11.3 Å². The van der Waals surface area contributed by atoms with Gasteiger partial charge in [0, 0.05) is 35.5 Å². The van der Waals surface area contributed by atoms with Crippen LogP contribution in [0.3, 0.4) is 0 Å². The number of hydrogen-bond donors (Lipinski definition) is 2. The Balaban J connectivity index is 1.24. The summed E-state index contributed by atoms with van der Waals surface area (Å²) < 4.78 is 1.98. The lowest BCUT2D eigenvalue weighted by Crippen LogP contribution is -2.21. The van der Waals surface area contributed by atoms with Crippen molar-refractivity contribution in [2.45, 2.75) is 25.5 Å². The molecule has 0 atom stereocenters. The van der Waals surface area contributed by atoms with Crippen LogP contribution in [0.2, 0.25) is 0 Å². The van der Waals surface area contributed by atoms with E-state index < -0.39 is 0 Å². The molecule has 1 amide bonds. The van der Waals surface area contributed by atoms with Gasteiger partial charge in [-0.2, -0.15) is 5.10 Å². The lowest BCUT2D eigenvalue weighted by Gasteiger charge is -2.20. The molecule has 0 saturated heterocycles. The number of carbonyl (C=O) groups is 1. The van der Waals surface area contributed by atoms with Crippen molar-refractivity contribution in [2.75, 3.05) is 29.1 Å². The van der Waals surface area contributed by atoms with Gasteiger partial charge in [0.25, 0.3) is 5.91 Å². The fourth-order valence-corrected chi connectivity index (χ4v) is 5.36. The molecule has 208 valence electrons. The Kier molecular flexibility index (Phi) is 9.28. The van der Waals surface area contributed by atoms with Crippen LogP contribution in [-0.4, -0.2) is 45.7 Å². The third-order valence-electron chi connectivity index (χ3n) is 6.70. The van der Waals surface area contributed by atoms with Crippen molar-refractivity contribution in [1.29, 1.82) is 0 Å². The fourth-order valence-electron chi connectivity index (χ4n) is 4.60. The van der Waals surface area contributed by atoms with Crippen molar-refractivity contribution >= 4 is 46.0 Å². The van der Waals surface area contributed by atoms with E-state index in [1.54, 1.807) is 6.21 Å². The number of para-hydroxylation sites is 1. The molecule has 0 saturated carbocycles. The van der Waals surface area contributed by atoms with E-state index in [4.69, 9.17) is 0 Å². The number of thioether (sulfide) groups is 1. The van der Waals surface area contributed by atoms with E-state index in [2.05, 4.69) is 81.2 Å². The van der Waals surface area contributed by atoms with E-state index >= 15 is 0 Å². The number of anilines is 2. The maximum absolute atomic E-state index is 12.6. The number of benzene rings is 4. The van der Waals surface area contributed by atoms with Gasteiger partial charge in [-0.25, -0.2) is 5.43 Å². The molecule has 0 aliphatic carbocycles. The third kappa shape index (κ3) is 6.93. The molecule has 0 bridgehead atoms. The second-order valence-electron chi connectivity index (χ2n) is 9.30. The molecule has 5 rings (SSSR count). The first-order valence-corrected chi connectivity index (χ1v) is 14.7. The topological polar surface area (TPSA) is 87.4 Å². The maximum atomic E-state index is 12.6. The molecular weight excluding hydrogens is 530 g/mol. The molecule has 4 aromatic carbocycles. The smallest absolute Gasteiger partial charge is 0.250 e. The Hall–Kier alpha value is -4.63. The van der Waals surface area contributed by atoms with Crippen molar-refractivity contribution in [2.24, 2.45) is 5.10 Å². The third-order valence-corrected chi connectivity index (χ3v) is 7.63. The minimum Gasteiger partial charge on any atom is -0.377 e. The van der Waals surface area contributed by atoms with E-state index in [9.17, 15) is 4.79 Å². The molecule has 41 heavy (non-hydrogen) atoms. The molecule has 0 radical (unpaired) electrons. The first-order chi connectivity index (χ1) is 20.2. The SMILES string of the molecule is CCN(CC)c1ccc(/C=N/NC(=O)CSc2nnc(CNc3cccc4ccccc34)n2-c2ccccc2)cc1. The molecule has 0 aliphatic rings. The molecule has 8 nitrogen and oxygen atoms in total. The predicted molar refractivity (Wildman–Crippen MR) is 169 cm³/mol. The number of aromatic nitrogens is 3. The number of amides is 1. The minimum absolute atomic E-state index is 0.153. The minimum atomic E-state index is -0.218. The average Bonchev–Trinajstić information content (AvgIpc) is 3.43. The van der Waals surface area contributed by atoms with E-state index in [0.717, 1.165) is 41.2 Å². The first kappa shape index (κ1) is 27.9. The zero-order valence-corrected chi connectivity index (χ0v) is 24.0. The van der Waals surface area contributed by atoms with Gasteiger partial charge in [0.05, 0.1) is 18.5 Å². The van der Waals surface area contributed by atoms with Gasteiger partial charge in [-0.05, 0) is 55.1 Å². The standard InChI is InChI=1S/C32H33N7OS/c1-3-38(4-2)26-19-17-24(18-20-26)21-34-36-31(40)23-41-32-37-35-30(39(32)27-13-6-5-7-14-27)22-33-29-16-10-12-25-11-8-9-15-28(25)29/h5-21,33H,3-4,22-23H2,1-2H3,(H,36,40)/b34-21+. The monoisotopic (exact) mass is 563 g/mol. The summed E-state index contributed by atoms with van der Waals surface area (Å²) >= 11 is 1.32. The van der Waals surface area contributed by atoms with Crippen LogP contribution in [0.1, 0.15) is 25.2 Å². The summed E-state index contributed by atoms with van der Waals surface area (Å²) in [5, 5.41) is 19.5. The molecular formula is C32H33N7OS. The number of carbonyl (C=O) groups excluding carboxylic acids is 1. The summed E-state index contributed by atoms with van der Waals surface area (Å²) in [6, 6.07) is 32.5. The number of hydrazone groups is 1. The Morgan fingerprint density at radius 3 is 2.41 bits per heavy atom. The summed E-state index contributed by atoms with van der Waals surface area (Å²) in [7, 11) is 0. The van der Waals surface area contributed by atoms with Crippen molar-refractivity contribution in [3.63, 3.8) is 0 Å². The van der Waals surface area contributed by atoms with Crippen LogP contribution < -0.4 is 15.6 Å².